The van der Waals surface area contributed by atoms with Gasteiger partial charge < -0.3 is 9.47 Å². The molecule has 0 aromatic carbocycles. The highest BCUT2D eigenvalue weighted by atomic mass is 79.9. The third-order valence-electron chi connectivity index (χ3n) is 1.16. The van der Waals surface area contributed by atoms with Gasteiger partial charge in [0.15, 0.2) is 0 Å². The van der Waals surface area contributed by atoms with E-state index in [2.05, 4.69) is 31.9 Å². The van der Waals surface area contributed by atoms with Gasteiger partial charge in [-0.3, -0.25) is 9.59 Å². The molecule has 8 heteroatoms. The maximum atomic E-state index is 10.7. The Balaban J connectivity index is 3.10. The number of alkyl halides is 2. The van der Waals surface area contributed by atoms with E-state index in [1.165, 1.54) is 0 Å². The van der Waals surface area contributed by atoms with E-state index in [4.69, 9.17) is 9.47 Å². The van der Waals surface area contributed by atoms with Gasteiger partial charge in [0.25, 0.3) is 0 Å². The summed E-state index contributed by atoms with van der Waals surface area (Å²) in [6.07, 6.45) is 0. The molecule has 0 saturated carbocycles. The summed E-state index contributed by atoms with van der Waals surface area (Å²) in [5.41, 5.74) is 0. The average molecular weight is 396 g/mol. The minimum atomic E-state index is -0.253. The maximum absolute atomic E-state index is 10.7. The average Bonchev–Trinajstić information content (AvgIpc) is 2.31. The maximum Gasteiger partial charge on any atom is 0.316 e. The quantitative estimate of drug-likeness (QED) is 0.258. The van der Waals surface area contributed by atoms with Crippen LogP contribution in [0.15, 0.2) is 0 Å². The lowest BCUT2D eigenvalue weighted by Crippen LogP contribution is -2.08. The normalized spacial score (nSPS) is 9.88. The second-order valence-corrected chi connectivity index (χ2v) is 6.18. The molecule has 0 bridgehead atoms. The number of carbonyl (C=O) groups is 2. The molecular weight excluding hydrogens is 384 g/mol. The third kappa shape index (κ3) is 11.1. The number of ether oxygens (including phenoxy) is 2. The fraction of sp³-hybridized carbons (Fsp3) is 0.750. The van der Waals surface area contributed by atoms with Gasteiger partial charge in [-0.1, -0.05) is 53.4 Å². The van der Waals surface area contributed by atoms with Crippen molar-refractivity contribution < 1.29 is 19.1 Å². The Hall–Kier alpha value is 0.600. The molecule has 0 amide bonds. The Kier molecular flexibility index (Phi) is 12.5. The number of esters is 2. The van der Waals surface area contributed by atoms with Crippen LogP contribution in [0.4, 0.5) is 0 Å². The van der Waals surface area contributed by atoms with Crippen molar-refractivity contribution in [2.24, 2.45) is 0 Å². The molecule has 0 spiro atoms. The molecule has 4 nitrogen and oxygen atoms in total. The van der Waals surface area contributed by atoms with Crippen molar-refractivity contribution in [3.8, 4) is 0 Å². The molecule has 0 aliphatic rings. The van der Waals surface area contributed by atoms with Crippen LogP contribution in [-0.4, -0.2) is 47.3 Å². The van der Waals surface area contributed by atoms with Crippen LogP contribution in [0.3, 0.4) is 0 Å². The molecule has 0 aliphatic heterocycles. The van der Waals surface area contributed by atoms with Crippen molar-refractivity contribution >= 4 is 65.4 Å². The van der Waals surface area contributed by atoms with Crippen molar-refractivity contribution in [1.82, 2.24) is 0 Å². The molecule has 0 heterocycles. The van der Waals surface area contributed by atoms with Gasteiger partial charge in [0.05, 0.1) is 0 Å². The fourth-order valence-electron chi connectivity index (χ4n) is 0.574. The van der Waals surface area contributed by atoms with Crippen LogP contribution in [0.1, 0.15) is 0 Å². The van der Waals surface area contributed by atoms with Crippen LogP contribution in [0.2, 0.25) is 0 Å². The molecule has 0 radical (unpaired) electrons. The molecule has 94 valence electrons. The molecule has 0 fully saturated rings. The standard InChI is InChI=1S/C8H12Br2O4S2/c9-5-7(11)13-1-3-15-16-4-2-14-8(12)6-10/h1-6H2. The number of hydrogen-bond acceptors (Lipinski definition) is 6. The topological polar surface area (TPSA) is 52.6 Å². The third-order valence-corrected chi connectivity index (χ3v) is 4.41. The highest BCUT2D eigenvalue weighted by molar-refractivity contribution is 9.09. The van der Waals surface area contributed by atoms with E-state index >= 15 is 0 Å². The molecule has 0 unspecified atom stereocenters. The Morgan fingerprint density at radius 1 is 0.875 bits per heavy atom. The van der Waals surface area contributed by atoms with Crippen molar-refractivity contribution in [3.63, 3.8) is 0 Å². The predicted molar refractivity (Wildman–Crippen MR) is 74.4 cm³/mol. The van der Waals surface area contributed by atoms with Crippen LogP contribution in [0.5, 0.6) is 0 Å². The van der Waals surface area contributed by atoms with Gasteiger partial charge in [-0.2, -0.15) is 0 Å². The van der Waals surface area contributed by atoms with Gasteiger partial charge in [-0.25, -0.2) is 0 Å². The first-order chi connectivity index (χ1) is 7.70. The first-order valence-electron chi connectivity index (χ1n) is 4.38. The Morgan fingerprint density at radius 3 is 1.56 bits per heavy atom. The van der Waals surface area contributed by atoms with Gasteiger partial charge in [-0.05, 0) is 0 Å². The molecular formula is C8H12Br2O4S2. The van der Waals surface area contributed by atoms with E-state index in [1.807, 2.05) is 0 Å². The second kappa shape index (κ2) is 12.1. The lowest BCUT2D eigenvalue weighted by atomic mass is 10.8. The molecule has 0 N–H and O–H groups in total. The second-order valence-electron chi connectivity index (χ2n) is 2.35. The minimum absolute atomic E-state index is 0.229. The molecule has 0 saturated heterocycles. The van der Waals surface area contributed by atoms with E-state index in [9.17, 15) is 9.59 Å². The molecule has 0 aliphatic carbocycles. The zero-order chi connectivity index (χ0) is 12.2. The van der Waals surface area contributed by atoms with Crippen LogP contribution >= 0.6 is 53.4 Å². The van der Waals surface area contributed by atoms with Gasteiger partial charge in [0, 0.05) is 11.5 Å². The van der Waals surface area contributed by atoms with Gasteiger partial charge in [-0.15, -0.1) is 0 Å². The summed E-state index contributed by atoms with van der Waals surface area (Å²) in [5, 5.41) is 0.459. The molecule has 0 aromatic heterocycles. The highest BCUT2D eigenvalue weighted by Crippen LogP contribution is 2.20. The fourth-order valence-corrected chi connectivity index (χ4v) is 2.55. The summed E-state index contributed by atoms with van der Waals surface area (Å²) >= 11 is 6.00. The zero-order valence-corrected chi connectivity index (χ0v) is 13.3. The first kappa shape index (κ1) is 16.6. The van der Waals surface area contributed by atoms with Crippen molar-refractivity contribution in [2.45, 2.75) is 0 Å². The summed E-state index contributed by atoms with van der Waals surface area (Å²) in [7, 11) is 3.17. The van der Waals surface area contributed by atoms with Crippen LogP contribution in [0.25, 0.3) is 0 Å². The smallest absolute Gasteiger partial charge is 0.316 e. The lowest BCUT2D eigenvalue weighted by molar-refractivity contribution is -0.140. The summed E-state index contributed by atoms with van der Waals surface area (Å²) < 4.78 is 9.68. The number of halogens is 2. The van der Waals surface area contributed by atoms with Crippen LogP contribution in [0, 0.1) is 0 Å². The molecule has 0 rings (SSSR count). The van der Waals surface area contributed by atoms with Crippen LogP contribution in [-0.2, 0) is 19.1 Å². The number of rotatable bonds is 9. The van der Waals surface area contributed by atoms with Gasteiger partial charge in [0.2, 0.25) is 0 Å². The zero-order valence-electron chi connectivity index (χ0n) is 8.45. The minimum Gasteiger partial charge on any atom is -0.464 e. The van der Waals surface area contributed by atoms with Gasteiger partial charge in [0.1, 0.15) is 23.9 Å². The Bertz CT molecular complexity index is 194. The van der Waals surface area contributed by atoms with Crippen LogP contribution < -0.4 is 0 Å². The monoisotopic (exact) mass is 394 g/mol. The van der Waals surface area contributed by atoms with Gasteiger partial charge >= 0.3 is 11.9 Å². The predicted octanol–water partition coefficient (Wildman–Crippen LogP) is 2.24. The number of hydrogen-bond donors (Lipinski definition) is 0. The van der Waals surface area contributed by atoms with E-state index in [0.717, 1.165) is 11.5 Å². The first-order valence-corrected chi connectivity index (χ1v) is 9.11. The molecule has 0 atom stereocenters. The van der Waals surface area contributed by atoms with E-state index in [0.29, 0.717) is 13.2 Å². The molecule has 16 heavy (non-hydrogen) atoms. The lowest BCUT2D eigenvalue weighted by Gasteiger charge is -2.03. The van der Waals surface area contributed by atoms with Crippen molar-refractivity contribution in [3.05, 3.63) is 0 Å². The SMILES string of the molecule is O=C(CBr)OCCSSCCOC(=O)CBr. The summed E-state index contributed by atoms with van der Waals surface area (Å²) in [6, 6.07) is 0. The summed E-state index contributed by atoms with van der Waals surface area (Å²) in [6.45, 7) is 0.812. The number of carbonyl (C=O) groups excluding carboxylic acids is 2. The van der Waals surface area contributed by atoms with E-state index in [-0.39, 0.29) is 22.6 Å². The highest BCUT2D eigenvalue weighted by Gasteiger charge is 2.00. The summed E-state index contributed by atoms with van der Waals surface area (Å²) in [4.78, 5) is 21.4. The van der Waals surface area contributed by atoms with Crippen molar-refractivity contribution in [2.75, 3.05) is 35.4 Å². The van der Waals surface area contributed by atoms with E-state index < -0.39 is 0 Å². The molecule has 0 aromatic rings. The largest absolute Gasteiger partial charge is 0.464 e. The Labute approximate surface area is 119 Å². The van der Waals surface area contributed by atoms with Crippen molar-refractivity contribution in [1.29, 1.82) is 0 Å². The Morgan fingerprint density at radius 2 is 1.25 bits per heavy atom. The van der Waals surface area contributed by atoms with E-state index in [1.54, 1.807) is 21.6 Å². The summed E-state index contributed by atoms with van der Waals surface area (Å²) in [5.74, 6) is 0.958.